The van der Waals surface area contributed by atoms with Crippen molar-refractivity contribution in [3.63, 3.8) is 0 Å². The molecule has 1 aliphatic rings. The minimum Gasteiger partial charge on any atom is -0.350 e. The first-order chi connectivity index (χ1) is 12.5. The molecule has 26 heavy (non-hydrogen) atoms. The number of likely N-dealkylation sites (N-methyl/N-ethyl adjacent to an activating group) is 2. The summed E-state index contributed by atoms with van der Waals surface area (Å²) >= 11 is 2.92. The van der Waals surface area contributed by atoms with Gasteiger partial charge in [0, 0.05) is 26.3 Å². The molecule has 6 nitrogen and oxygen atoms in total. The fourth-order valence-electron chi connectivity index (χ4n) is 2.20. The van der Waals surface area contributed by atoms with E-state index in [2.05, 4.69) is 39.2 Å². The Morgan fingerprint density at radius 1 is 1.19 bits per heavy atom. The smallest absolute Gasteiger partial charge is 0.264 e. The third-order valence-electron chi connectivity index (χ3n) is 3.63. The summed E-state index contributed by atoms with van der Waals surface area (Å²) in [7, 11) is 6.13. The summed E-state index contributed by atoms with van der Waals surface area (Å²) in [6, 6.07) is 9.58. The highest BCUT2D eigenvalue weighted by Gasteiger charge is 2.24. The highest BCUT2D eigenvalue weighted by Crippen LogP contribution is 2.30. The Hall–Kier alpha value is -2.16. The van der Waals surface area contributed by atoms with Gasteiger partial charge in [-0.05, 0) is 44.1 Å². The number of nitrogens with zero attached hydrogens (tertiary/aromatic N) is 4. The Morgan fingerprint density at radius 2 is 1.96 bits per heavy atom. The van der Waals surface area contributed by atoms with Gasteiger partial charge in [-0.1, -0.05) is 29.5 Å². The Labute approximate surface area is 161 Å². The van der Waals surface area contributed by atoms with Crippen molar-refractivity contribution in [3.05, 3.63) is 46.3 Å². The zero-order chi connectivity index (χ0) is 18.5. The number of hydrogen-bond donors (Lipinski definition) is 1. The zero-order valence-corrected chi connectivity index (χ0v) is 16.6. The summed E-state index contributed by atoms with van der Waals surface area (Å²) in [4.78, 5) is 26.9. The highest BCUT2D eigenvalue weighted by atomic mass is 32.2. The van der Waals surface area contributed by atoms with Crippen LogP contribution in [0.15, 0.2) is 46.4 Å². The number of aliphatic imine (C=N–C) groups is 1. The molecule has 0 radical (unpaired) electrons. The Morgan fingerprint density at radius 3 is 2.69 bits per heavy atom. The van der Waals surface area contributed by atoms with Crippen LogP contribution in [0.1, 0.15) is 4.88 Å². The molecule has 1 aromatic heterocycles. The van der Waals surface area contributed by atoms with Gasteiger partial charge in [-0.15, -0.1) is 0 Å². The number of hydrogen-bond acceptors (Lipinski definition) is 7. The van der Waals surface area contributed by atoms with Gasteiger partial charge in [0.25, 0.3) is 5.91 Å². The average molecular weight is 388 g/mol. The molecule has 3 rings (SSSR count). The lowest BCUT2D eigenvalue weighted by atomic mass is 10.3. The van der Waals surface area contributed by atoms with Crippen LogP contribution in [-0.2, 0) is 4.79 Å². The number of anilines is 1. The predicted molar refractivity (Wildman–Crippen MR) is 111 cm³/mol. The van der Waals surface area contributed by atoms with Crippen LogP contribution in [0.25, 0.3) is 6.08 Å². The number of amides is 1. The van der Waals surface area contributed by atoms with Gasteiger partial charge in [-0.25, -0.2) is 9.98 Å². The molecule has 1 amide bonds. The molecule has 0 spiro atoms. The maximum absolute atomic E-state index is 12.2. The first-order valence-corrected chi connectivity index (χ1v) is 9.81. The van der Waals surface area contributed by atoms with Crippen molar-refractivity contribution >= 4 is 51.1 Å². The first kappa shape index (κ1) is 18.6. The van der Waals surface area contributed by atoms with Crippen LogP contribution in [0, 0.1) is 0 Å². The molecular weight excluding hydrogens is 366 g/mol. The van der Waals surface area contributed by atoms with E-state index in [0.29, 0.717) is 10.1 Å². The number of thiazole rings is 1. The zero-order valence-electron chi connectivity index (χ0n) is 15.0. The quantitative estimate of drug-likeness (QED) is 0.772. The van der Waals surface area contributed by atoms with Crippen LogP contribution in [0.2, 0.25) is 0 Å². The fourth-order valence-corrected chi connectivity index (χ4v) is 3.95. The first-order valence-electron chi connectivity index (χ1n) is 8.17. The van der Waals surface area contributed by atoms with E-state index in [1.54, 1.807) is 17.5 Å². The van der Waals surface area contributed by atoms with Crippen molar-refractivity contribution in [1.29, 1.82) is 0 Å². The molecule has 0 atom stereocenters. The lowest BCUT2D eigenvalue weighted by Gasteiger charge is -2.18. The molecule has 136 valence electrons. The molecule has 0 aliphatic carbocycles. The number of benzene rings is 1. The molecule has 1 saturated heterocycles. The Kier molecular flexibility index (Phi) is 6.08. The van der Waals surface area contributed by atoms with E-state index in [-0.39, 0.29) is 5.91 Å². The second-order valence-corrected chi connectivity index (χ2v) is 8.16. The largest absolute Gasteiger partial charge is 0.350 e. The van der Waals surface area contributed by atoms with Crippen molar-refractivity contribution in [2.75, 3.05) is 39.1 Å². The molecule has 2 heterocycles. The molecule has 1 aliphatic heterocycles. The molecule has 0 saturated carbocycles. The normalized spacial score (nSPS) is 17.3. The van der Waals surface area contributed by atoms with E-state index in [4.69, 9.17) is 0 Å². The number of carbonyl (C=O) groups is 1. The van der Waals surface area contributed by atoms with Crippen LogP contribution in [0.3, 0.4) is 0 Å². The van der Waals surface area contributed by atoms with E-state index >= 15 is 0 Å². The van der Waals surface area contributed by atoms with Crippen molar-refractivity contribution in [1.82, 2.24) is 15.2 Å². The topological polar surface area (TPSA) is 60.8 Å². The van der Waals surface area contributed by atoms with Gasteiger partial charge < -0.3 is 15.1 Å². The van der Waals surface area contributed by atoms with Crippen molar-refractivity contribution in [3.8, 4) is 0 Å². The van der Waals surface area contributed by atoms with Gasteiger partial charge in [0.05, 0.1) is 15.5 Å². The summed E-state index contributed by atoms with van der Waals surface area (Å²) in [6.45, 7) is 1.86. The number of nitrogens with one attached hydrogen (secondary N) is 1. The Bertz CT molecular complexity index is 829. The third kappa shape index (κ3) is 4.94. The Balaban J connectivity index is 1.69. The molecule has 1 aromatic carbocycles. The van der Waals surface area contributed by atoms with Gasteiger partial charge in [-0.2, -0.15) is 0 Å². The molecule has 0 unspecified atom stereocenters. The van der Waals surface area contributed by atoms with E-state index in [0.717, 1.165) is 28.8 Å². The molecule has 1 N–H and O–H groups in total. The number of amidine groups is 1. The maximum Gasteiger partial charge on any atom is 0.264 e. The molecule has 2 aromatic rings. The lowest BCUT2D eigenvalue weighted by Crippen LogP contribution is -2.28. The van der Waals surface area contributed by atoms with Gasteiger partial charge >= 0.3 is 0 Å². The van der Waals surface area contributed by atoms with E-state index < -0.39 is 0 Å². The van der Waals surface area contributed by atoms with Gasteiger partial charge in [0.1, 0.15) is 0 Å². The summed E-state index contributed by atoms with van der Waals surface area (Å²) in [6.07, 6.45) is 3.67. The van der Waals surface area contributed by atoms with Crippen molar-refractivity contribution in [2.45, 2.75) is 0 Å². The van der Waals surface area contributed by atoms with E-state index in [9.17, 15) is 4.79 Å². The number of aromatic nitrogens is 1. The van der Waals surface area contributed by atoms with E-state index in [1.807, 2.05) is 43.5 Å². The van der Waals surface area contributed by atoms with Gasteiger partial charge in [0.2, 0.25) is 0 Å². The summed E-state index contributed by atoms with van der Waals surface area (Å²) in [5, 5.41) is 4.35. The predicted octanol–water partition coefficient (Wildman–Crippen LogP) is 3.03. The summed E-state index contributed by atoms with van der Waals surface area (Å²) in [5.74, 6) is -0.124. The van der Waals surface area contributed by atoms with Gasteiger partial charge in [0.15, 0.2) is 10.3 Å². The lowest BCUT2D eigenvalue weighted by molar-refractivity contribution is -0.115. The van der Waals surface area contributed by atoms with Crippen LogP contribution < -0.4 is 10.2 Å². The molecular formula is C18H21N5OS2. The highest BCUT2D eigenvalue weighted by molar-refractivity contribution is 8.18. The van der Waals surface area contributed by atoms with Crippen molar-refractivity contribution in [2.24, 2.45) is 4.99 Å². The third-order valence-corrected chi connectivity index (χ3v) is 5.60. The number of carbonyl (C=O) groups excluding carboxylic acids is 1. The minimum absolute atomic E-state index is 0.124. The monoisotopic (exact) mass is 387 g/mol. The standard InChI is InChI=1S/C18H21N5OS2/c1-22(2)9-10-23(3)18-19-12-14(25-18)11-15-16(24)21-17(26-15)20-13-7-5-4-6-8-13/h4-8,11-12H,9-10H2,1-3H3,(H,20,21,24)/b15-11-. The SMILES string of the molecule is CN(C)CCN(C)c1ncc(/C=C2\SC(=Nc3ccccc3)NC2=O)s1. The second-order valence-electron chi connectivity index (χ2n) is 6.09. The van der Waals surface area contributed by atoms with Crippen LogP contribution in [0.4, 0.5) is 10.8 Å². The van der Waals surface area contributed by atoms with Crippen LogP contribution in [-0.4, -0.2) is 55.2 Å². The minimum atomic E-state index is -0.124. The summed E-state index contributed by atoms with van der Waals surface area (Å²) in [5.41, 5.74) is 0.819. The van der Waals surface area contributed by atoms with E-state index in [1.165, 1.54) is 11.8 Å². The maximum atomic E-state index is 12.2. The van der Waals surface area contributed by atoms with Gasteiger partial charge in [-0.3, -0.25) is 4.79 Å². The van der Waals surface area contributed by atoms with Crippen LogP contribution in [0.5, 0.6) is 0 Å². The number of rotatable bonds is 6. The summed E-state index contributed by atoms with van der Waals surface area (Å²) < 4.78 is 0. The fraction of sp³-hybridized carbons (Fsp3) is 0.278. The number of para-hydroxylation sites is 1. The second kappa shape index (κ2) is 8.48. The van der Waals surface area contributed by atoms with Crippen molar-refractivity contribution < 1.29 is 4.79 Å². The average Bonchev–Trinajstić information content (AvgIpc) is 3.21. The molecule has 0 bridgehead atoms. The van der Waals surface area contributed by atoms with Crippen LogP contribution >= 0.6 is 23.1 Å². The molecule has 8 heteroatoms. The molecule has 1 fully saturated rings. The number of thioether (sulfide) groups is 1.